The fraction of sp³-hybridized carbons (Fsp3) is 0.333. The van der Waals surface area contributed by atoms with Crippen LogP contribution in [0.5, 0.6) is 5.88 Å². The summed E-state index contributed by atoms with van der Waals surface area (Å²) in [6.07, 6.45) is 2.24. The van der Waals surface area contributed by atoms with Crippen LogP contribution in [-0.4, -0.2) is 49.2 Å². The maximum atomic E-state index is 12.3. The van der Waals surface area contributed by atoms with Crippen LogP contribution in [0.2, 0.25) is 0 Å². The first-order valence-corrected chi connectivity index (χ1v) is 9.83. The number of pyridine rings is 1. The Balaban J connectivity index is 1.51. The van der Waals surface area contributed by atoms with Gasteiger partial charge < -0.3 is 9.64 Å². The second-order valence-corrected chi connectivity index (χ2v) is 8.03. The first-order chi connectivity index (χ1) is 12.0. The van der Waals surface area contributed by atoms with E-state index < -0.39 is 9.84 Å². The molecule has 1 aromatic heterocycles. The first kappa shape index (κ1) is 17.4. The molecule has 6 nitrogen and oxygen atoms in total. The first-order valence-electron chi connectivity index (χ1n) is 8.18. The van der Waals surface area contributed by atoms with E-state index in [0.717, 1.165) is 0 Å². The highest BCUT2D eigenvalue weighted by Gasteiger charge is 2.28. The molecule has 1 fully saturated rings. The highest BCUT2D eigenvalue weighted by Crippen LogP contribution is 2.18. The number of carbonyl (C=O) groups is 1. The summed E-state index contributed by atoms with van der Waals surface area (Å²) in [6.45, 7) is 1.03. The number of amides is 1. The number of rotatable bonds is 6. The maximum absolute atomic E-state index is 12.3. The molecule has 132 valence electrons. The Morgan fingerprint density at radius 2 is 1.92 bits per heavy atom. The second-order valence-electron chi connectivity index (χ2n) is 5.92. The molecule has 1 unspecified atom stereocenters. The van der Waals surface area contributed by atoms with Gasteiger partial charge in [-0.3, -0.25) is 4.79 Å². The number of carbonyl (C=O) groups excluding carboxylic acids is 1. The number of sulfone groups is 1. The fourth-order valence-electron chi connectivity index (χ4n) is 2.76. The maximum Gasteiger partial charge on any atom is 0.223 e. The van der Waals surface area contributed by atoms with Gasteiger partial charge in [-0.2, -0.15) is 0 Å². The van der Waals surface area contributed by atoms with Crippen LogP contribution in [0.25, 0.3) is 0 Å². The van der Waals surface area contributed by atoms with E-state index >= 15 is 0 Å². The van der Waals surface area contributed by atoms with Gasteiger partial charge in [0.2, 0.25) is 11.8 Å². The molecule has 2 heterocycles. The van der Waals surface area contributed by atoms with E-state index in [2.05, 4.69) is 4.98 Å². The van der Waals surface area contributed by atoms with E-state index in [1.54, 1.807) is 47.5 Å². The normalized spacial score (nSPS) is 17.4. The van der Waals surface area contributed by atoms with Crippen LogP contribution in [0.1, 0.15) is 12.8 Å². The minimum Gasteiger partial charge on any atom is -0.472 e. The lowest BCUT2D eigenvalue weighted by Crippen LogP contribution is -2.32. The van der Waals surface area contributed by atoms with Crippen molar-refractivity contribution < 1.29 is 17.9 Å². The summed E-state index contributed by atoms with van der Waals surface area (Å²) in [5.74, 6) is 0.193. The van der Waals surface area contributed by atoms with Gasteiger partial charge in [-0.1, -0.05) is 24.3 Å². The summed E-state index contributed by atoms with van der Waals surface area (Å²) in [4.78, 5) is 18.3. The molecule has 1 aromatic carbocycles. The van der Waals surface area contributed by atoms with E-state index in [1.807, 2.05) is 12.1 Å². The van der Waals surface area contributed by atoms with E-state index in [-0.39, 0.29) is 29.1 Å². The van der Waals surface area contributed by atoms with E-state index in [4.69, 9.17) is 4.74 Å². The van der Waals surface area contributed by atoms with Gasteiger partial charge in [0.1, 0.15) is 6.10 Å². The zero-order chi connectivity index (χ0) is 17.7. The lowest BCUT2D eigenvalue weighted by Gasteiger charge is -2.17. The Morgan fingerprint density at radius 1 is 1.16 bits per heavy atom. The van der Waals surface area contributed by atoms with Crippen LogP contribution in [0.15, 0.2) is 59.6 Å². The number of hydrogen-bond acceptors (Lipinski definition) is 5. The smallest absolute Gasteiger partial charge is 0.223 e. The molecule has 1 aliphatic heterocycles. The molecule has 0 spiro atoms. The quantitative estimate of drug-likeness (QED) is 0.787. The molecule has 25 heavy (non-hydrogen) atoms. The molecule has 7 heteroatoms. The molecular formula is C18H20N2O4S. The van der Waals surface area contributed by atoms with Crippen molar-refractivity contribution >= 4 is 15.7 Å². The fourth-order valence-corrected chi connectivity index (χ4v) is 4.01. The van der Waals surface area contributed by atoms with Crippen LogP contribution in [0.3, 0.4) is 0 Å². The standard InChI is InChI=1S/C18H20N2O4S/c21-18(10-13-25(22,23)16-6-2-1-3-7-16)20-12-9-15(14-20)24-17-8-4-5-11-19-17/h1-8,11,15H,9-10,12-14H2. The van der Waals surface area contributed by atoms with Crippen molar-refractivity contribution in [2.24, 2.45) is 0 Å². The summed E-state index contributed by atoms with van der Waals surface area (Å²) in [6, 6.07) is 13.6. The molecule has 0 radical (unpaired) electrons. The number of nitrogens with zero attached hydrogens (tertiary/aromatic N) is 2. The van der Waals surface area contributed by atoms with Gasteiger partial charge in [0.15, 0.2) is 9.84 Å². The Kier molecular flexibility index (Phi) is 5.33. The molecule has 1 atom stereocenters. The largest absolute Gasteiger partial charge is 0.472 e. The third kappa shape index (κ3) is 4.57. The third-order valence-corrected chi connectivity index (χ3v) is 5.84. The van der Waals surface area contributed by atoms with Gasteiger partial charge in [0.25, 0.3) is 0 Å². The molecule has 0 aliphatic carbocycles. The Hall–Kier alpha value is -2.41. The van der Waals surface area contributed by atoms with Crippen molar-refractivity contribution in [1.29, 1.82) is 0 Å². The molecule has 0 saturated carbocycles. The van der Waals surface area contributed by atoms with E-state index in [0.29, 0.717) is 25.4 Å². The zero-order valence-corrected chi connectivity index (χ0v) is 14.6. The van der Waals surface area contributed by atoms with Crippen molar-refractivity contribution in [3.05, 3.63) is 54.7 Å². The van der Waals surface area contributed by atoms with Gasteiger partial charge in [0, 0.05) is 31.6 Å². The number of ether oxygens (including phenoxy) is 1. The van der Waals surface area contributed by atoms with Crippen molar-refractivity contribution in [2.45, 2.75) is 23.8 Å². The summed E-state index contributed by atoms with van der Waals surface area (Å²) in [5.41, 5.74) is 0. The lowest BCUT2D eigenvalue weighted by molar-refractivity contribution is -0.130. The molecule has 1 amide bonds. The van der Waals surface area contributed by atoms with Crippen LogP contribution in [0.4, 0.5) is 0 Å². The number of benzene rings is 1. The SMILES string of the molecule is O=C(CCS(=O)(=O)c1ccccc1)N1CCC(Oc2ccccn2)C1. The topological polar surface area (TPSA) is 76.6 Å². The highest BCUT2D eigenvalue weighted by molar-refractivity contribution is 7.91. The molecule has 0 N–H and O–H groups in total. The Morgan fingerprint density at radius 3 is 2.64 bits per heavy atom. The van der Waals surface area contributed by atoms with Gasteiger partial charge in [-0.15, -0.1) is 0 Å². The molecule has 2 aromatic rings. The van der Waals surface area contributed by atoms with Crippen molar-refractivity contribution in [2.75, 3.05) is 18.8 Å². The summed E-state index contributed by atoms with van der Waals surface area (Å²) in [5, 5.41) is 0. The van der Waals surface area contributed by atoms with E-state index in [9.17, 15) is 13.2 Å². The Bertz CT molecular complexity index is 809. The minimum absolute atomic E-state index is 0.0203. The Labute approximate surface area is 147 Å². The van der Waals surface area contributed by atoms with Gasteiger partial charge in [-0.05, 0) is 18.2 Å². The summed E-state index contributed by atoms with van der Waals surface area (Å²) < 4.78 is 30.3. The molecular weight excluding hydrogens is 340 g/mol. The summed E-state index contributed by atoms with van der Waals surface area (Å²) in [7, 11) is -3.44. The number of aromatic nitrogens is 1. The van der Waals surface area contributed by atoms with E-state index in [1.165, 1.54) is 0 Å². The van der Waals surface area contributed by atoms with Gasteiger partial charge >= 0.3 is 0 Å². The van der Waals surface area contributed by atoms with Crippen LogP contribution >= 0.6 is 0 Å². The van der Waals surface area contributed by atoms with Crippen LogP contribution < -0.4 is 4.74 Å². The van der Waals surface area contributed by atoms with Crippen LogP contribution in [-0.2, 0) is 14.6 Å². The minimum atomic E-state index is -3.44. The number of hydrogen-bond donors (Lipinski definition) is 0. The predicted octanol–water partition coefficient (Wildman–Crippen LogP) is 1.93. The molecule has 1 saturated heterocycles. The average Bonchev–Trinajstić information content (AvgIpc) is 3.10. The van der Waals surface area contributed by atoms with Crippen molar-refractivity contribution in [3.63, 3.8) is 0 Å². The third-order valence-electron chi connectivity index (χ3n) is 4.11. The highest BCUT2D eigenvalue weighted by atomic mass is 32.2. The average molecular weight is 360 g/mol. The van der Waals surface area contributed by atoms with Gasteiger partial charge in [-0.25, -0.2) is 13.4 Å². The van der Waals surface area contributed by atoms with Crippen molar-refractivity contribution in [1.82, 2.24) is 9.88 Å². The predicted molar refractivity (Wildman–Crippen MR) is 93.0 cm³/mol. The number of likely N-dealkylation sites (tertiary alicyclic amines) is 1. The van der Waals surface area contributed by atoms with Crippen LogP contribution in [0, 0.1) is 0 Å². The van der Waals surface area contributed by atoms with Gasteiger partial charge in [0.05, 0.1) is 17.2 Å². The molecule has 0 bridgehead atoms. The lowest BCUT2D eigenvalue weighted by atomic mass is 10.3. The molecule has 3 rings (SSSR count). The zero-order valence-electron chi connectivity index (χ0n) is 13.7. The van der Waals surface area contributed by atoms with Crippen molar-refractivity contribution in [3.8, 4) is 5.88 Å². The second kappa shape index (κ2) is 7.65. The molecule has 1 aliphatic rings. The summed E-state index contributed by atoms with van der Waals surface area (Å²) >= 11 is 0. The monoisotopic (exact) mass is 360 g/mol.